The van der Waals surface area contributed by atoms with Gasteiger partial charge in [0.1, 0.15) is 0 Å². The van der Waals surface area contributed by atoms with Gasteiger partial charge in [-0.1, -0.05) is 40.2 Å². The standard InChI is InChI=1S/C12H12BrNO2/c1-8-5-11(12(6-8)14(15)16)9-3-2-4-10(13)7-9/h2-4,7,11-12H,1,5-6H2/t11-,12+/m1/s1. The molecule has 0 bridgehead atoms. The van der Waals surface area contributed by atoms with E-state index in [-0.39, 0.29) is 10.8 Å². The molecule has 84 valence electrons. The van der Waals surface area contributed by atoms with Gasteiger partial charge in [0.15, 0.2) is 0 Å². The third-order valence-electron chi connectivity index (χ3n) is 3.02. The van der Waals surface area contributed by atoms with Gasteiger partial charge >= 0.3 is 0 Å². The minimum atomic E-state index is -0.512. The lowest BCUT2D eigenvalue weighted by Gasteiger charge is -2.12. The van der Waals surface area contributed by atoms with Crippen molar-refractivity contribution in [1.29, 1.82) is 0 Å². The van der Waals surface area contributed by atoms with Crippen molar-refractivity contribution in [2.45, 2.75) is 24.8 Å². The van der Waals surface area contributed by atoms with Gasteiger partial charge in [0.25, 0.3) is 0 Å². The average Bonchev–Trinajstić information content (AvgIpc) is 2.60. The number of nitro groups is 1. The fourth-order valence-electron chi connectivity index (χ4n) is 2.27. The van der Waals surface area contributed by atoms with Crippen LogP contribution in [-0.4, -0.2) is 11.0 Å². The Hall–Kier alpha value is -1.16. The van der Waals surface area contributed by atoms with Crippen LogP contribution in [0.4, 0.5) is 0 Å². The van der Waals surface area contributed by atoms with Crippen molar-refractivity contribution in [3.8, 4) is 0 Å². The summed E-state index contributed by atoms with van der Waals surface area (Å²) in [5.74, 6) is -0.0278. The highest BCUT2D eigenvalue weighted by Crippen LogP contribution is 2.39. The van der Waals surface area contributed by atoms with Gasteiger partial charge in [-0.2, -0.15) is 0 Å². The maximum absolute atomic E-state index is 11.0. The predicted octanol–water partition coefficient (Wildman–Crippen LogP) is 3.53. The lowest BCUT2D eigenvalue weighted by molar-refractivity contribution is -0.523. The molecule has 0 radical (unpaired) electrons. The van der Waals surface area contributed by atoms with Gasteiger partial charge in [-0.15, -0.1) is 0 Å². The fraction of sp³-hybridized carbons (Fsp3) is 0.333. The van der Waals surface area contributed by atoms with Gasteiger partial charge in [-0.3, -0.25) is 10.1 Å². The van der Waals surface area contributed by atoms with E-state index < -0.39 is 6.04 Å². The monoisotopic (exact) mass is 281 g/mol. The van der Waals surface area contributed by atoms with E-state index in [1.807, 2.05) is 24.3 Å². The van der Waals surface area contributed by atoms with Crippen molar-refractivity contribution in [2.75, 3.05) is 0 Å². The number of hydrogen-bond donors (Lipinski definition) is 0. The van der Waals surface area contributed by atoms with Crippen molar-refractivity contribution in [3.63, 3.8) is 0 Å². The Labute approximate surface area is 102 Å². The second-order valence-electron chi connectivity index (χ2n) is 4.17. The summed E-state index contributed by atoms with van der Waals surface area (Å²) in [4.78, 5) is 10.8. The zero-order valence-electron chi connectivity index (χ0n) is 8.73. The molecule has 1 fully saturated rings. The van der Waals surface area contributed by atoms with Crippen LogP contribution < -0.4 is 0 Å². The first-order valence-corrected chi connectivity index (χ1v) is 5.93. The van der Waals surface area contributed by atoms with E-state index in [9.17, 15) is 10.1 Å². The molecule has 1 aromatic carbocycles. The van der Waals surface area contributed by atoms with E-state index in [0.29, 0.717) is 6.42 Å². The molecular formula is C12H12BrNO2. The molecule has 0 unspecified atom stereocenters. The predicted molar refractivity (Wildman–Crippen MR) is 66.0 cm³/mol. The molecule has 0 N–H and O–H groups in total. The van der Waals surface area contributed by atoms with Crippen LogP contribution in [0.2, 0.25) is 0 Å². The zero-order valence-corrected chi connectivity index (χ0v) is 10.3. The molecule has 0 amide bonds. The first-order chi connectivity index (χ1) is 7.58. The highest BCUT2D eigenvalue weighted by molar-refractivity contribution is 9.10. The summed E-state index contributed by atoms with van der Waals surface area (Å²) < 4.78 is 0.963. The van der Waals surface area contributed by atoms with Crippen LogP contribution in [0.3, 0.4) is 0 Å². The Morgan fingerprint density at radius 2 is 2.19 bits per heavy atom. The molecule has 1 aromatic rings. The van der Waals surface area contributed by atoms with Crippen molar-refractivity contribution in [3.05, 3.63) is 56.6 Å². The minimum Gasteiger partial charge on any atom is -0.264 e. The smallest absolute Gasteiger partial charge is 0.223 e. The summed E-state index contributed by atoms with van der Waals surface area (Å²) in [6, 6.07) is 7.23. The van der Waals surface area contributed by atoms with E-state index in [2.05, 4.69) is 22.5 Å². The SMILES string of the molecule is C=C1C[C@H](c2cccc(Br)c2)[C@@H]([N+](=O)[O-])C1. The van der Waals surface area contributed by atoms with Gasteiger partial charge in [-0.25, -0.2) is 0 Å². The topological polar surface area (TPSA) is 43.1 Å². The maximum Gasteiger partial charge on any atom is 0.223 e. The number of benzene rings is 1. The molecule has 2 rings (SSSR count). The summed E-state index contributed by atoms with van der Waals surface area (Å²) in [6.07, 6.45) is 1.23. The quantitative estimate of drug-likeness (QED) is 0.473. The molecule has 1 aliphatic rings. The van der Waals surface area contributed by atoms with E-state index in [0.717, 1.165) is 22.0 Å². The van der Waals surface area contributed by atoms with Crippen LogP contribution in [0.1, 0.15) is 24.3 Å². The molecule has 1 aliphatic carbocycles. The van der Waals surface area contributed by atoms with Crippen molar-refractivity contribution < 1.29 is 4.92 Å². The maximum atomic E-state index is 11.0. The van der Waals surface area contributed by atoms with Crippen LogP contribution in [0, 0.1) is 10.1 Å². The Morgan fingerprint density at radius 1 is 1.44 bits per heavy atom. The first kappa shape index (κ1) is 11.3. The molecule has 1 saturated carbocycles. The summed E-state index contributed by atoms with van der Waals surface area (Å²) in [7, 11) is 0. The highest BCUT2D eigenvalue weighted by atomic mass is 79.9. The Balaban J connectivity index is 2.32. The molecule has 0 heterocycles. The third kappa shape index (κ3) is 2.16. The third-order valence-corrected chi connectivity index (χ3v) is 3.51. The molecule has 0 aliphatic heterocycles. The summed E-state index contributed by atoms with van der Waals surface area (Å²) in [6.45, 7) is 3.87. The molecular weight excluding hydrogens is 270 g/mol. The van der Waals surface area contributed by atoms with Crippen molar-refractivity contribution in [1.82, 2.24) is 0 Å². The van der Waals surface area contributed by atoms with Crippen LogP contribution in [0.15, 0.2) is 40.9 Å². The van der Waals surface area contributed by atoms with Crippen molar-refractivity contribution in [2.24, 2.45) is 0 Å². The number of nitrogens with zero attached hydrogens (tertiary/aromatic N) is 1. The van der Waals surface area contributed by atoms with E-state index in [4.69, 9.17) is 0 Å². The molecule has 0 aromatic heterocycles. The lowest BCUT2D eigenvalue weighted by atomic mass is 9.94. The first-order valence-electron chi connectivity index (χ1n) is 5.13. The molecule has 2 atom stereocenters. The number of halogens is 1. The van der Waals surface area contributed by atoms with E-state index >= 15 is 0 Å². The lowest BCUT2D eigenvalue weighted by Crippen LogP contribution is -2.22. The molecule has 16 heavy (non-hydrogen) atoms. The summed E-state index contributed by atoms with van der Waals surface area (Å²) >= 11 is 3.39. The van der Waals surface area contributed by atoms with E-state index in [1.165, 1.54) is 0 Å². The fourth-order valence-corrected chi connectivity index (χ4v) is 2.68. The van der Waals surface area contributed by atoms with Gasteiger partial charge < -0.3 is 0 Å². The van der Waals surface area contributed by atoms with Crippen LogP contribution in [0.25, 0.3) is 0 Å². The Kier molecular flexibility index (Phi) is 3.10. The normalized spacial score (nSPS) is 24.7. The highest BCUT2D eigenvalue weighted by Gasteiger charge is 2.39. The van der Waals surface area contributed by atoms with E-state index in [1.54, 1.807) is 0 Å². The zero-order chi connectivity index (χ0) is 11.7. The number of hydrogen-bond acceptors (Lipinski definition) is 2. The van der Waals surface area contributed by atoms with Gasteiger partial charge in [0, 0.05) is 15.8 Å². The second-order valence-corrected chi connectivity index (χ2v) is 5.09. The van der Waals surface area contributed by atoms with Crippen LogP contribution >= 0.6 is 15.9 Å². The van der Waals surface area contributed by atoms with Gasteiger partial charge in [0.05, 0.1) is 5.92 Å². The second kappa shape index (κ2) is 4.37. The van der Waals surface area contributed by atoms with Gasteiger partial charge in [0.2, 0.25) is 6.04 Å². The van der Waals surface area contributed by atoms with Crippen LogP contribution in [0.5, 0.6) is 0 Å². The van der Waals surface area contributed by atoms with Crippen molar-refractivity contribution >= 4 is 15.9 Å². The van der Waals surface area contributed by atoms with Crippen LogP contribution in [-0.2, 0) is 0 Å². The van der Waals surface area contributed by atoms with Gasteiger partial charge in [-0.05, 0) is 24.1 Å². The minimum absolute atomic E-state index is 0.0278. The summed E-state index contributed by atoms with van der Waals surface area (Å²) in [5, 5.41) is 11.0. The molecule has 4 heteroatoms. The molecule has 0 spiro atoms. The summed E-state index contributed by atoms with van der Waals surface area (Å²) in [5.41, 5.74) is 2.00. The largest absolute Gasteiger partial charge is 0.264 e. The Morgan fingerprint density at radius 3 is 2.81 bits per heavy atom. The average molecular weight is 282 g/mol. The Bertz CT molecular complexity index is 444. The molecule has 3 nitrogen and oxygen atoms in total. The molecule has 0 saturated heterocycles. The number of rotatable bonds is 2.